The number of anilines is 1. The highest BCUT2D eigenvalue weighted by atomic mass is 16.1. The number of rotatable bonds is 6. The van der Waals surface area contributed by atoms with Gasteiger partial charge in [-0.05, 0) is 38.3 Å². The maximum Gasteiger partial charge on any atom is 0.227 e. The number of amides is 1. The summed E-state index contributed by atoms with van der Waals surface area (Å²) in [5, 5.41) is 3.06. The SMILES string of the molecule is CCCCC(CC)C(=O)Nc1ccc(C)cc1C. The van der Waals surface area contributed by atoms with Gasteiger partial charge in [0.15, 0.2) is 0 Å². The molecule has 1 amide bonds. The molecule has 1 atom stereocenters. The van der Waals surface area contributed by atoms with Crippen LogP contribution >= 0.6 is 0 Å². The van der Waals surface area contributed by atoms with Crippen LogP contribution in [0.2, 0.25) is 0 Å². The average Bonchev–Trinajstić information content (AvgIpc) is 2.34. The van der Waals surface area contributed by atoms with Crippen molar-refractivity contribution in [1.82, 2.24) is 0 Å². The van der Waals surface area contributed by atoms with Gasteiger partial charge < -0.3 is 5.32 Å². The van der Waals surface area contributed by atoms with Gasteiger partial charge in [0, 0.05) is 11.6 Å². The summed E-state index contributed by atoms with van der Waals surface area (Å²) < 4.78 is 0. The summed E-state index contributed by atoms with van der Waals surface area (Å²) in [6.45, 7) is 8.35. The van der Waals surface area contributed by atoms with Gasteiger partial charge in [-0.15, -0.1) is 0 Å². The van der Waals surface area contributed by atoms with Gasteiger partial charge in [0.1, 0.15) is 0 Å². The van der Waals surface area contributed by atoms with Crippen molar-refractivity contribution in [2.24, 2.45) is 5.92 Å². The van der Waals surface area contributed by atoms with Gasteiger partial charge >= 0.3 is 0 Å². The lowest BCUT2D eigenvalue weighted by Gasteiger charge is -2.16. The zero-order valence-electron chi connectivity index (χ0n) is 12.0. The minimum absolute atomic E-state index is 0.144. The Bertz CT molecular complexity index is 398. The third kappa shape index (κ3) is 4.17. The molecule has 2 heteroatoms. The molecule has 2 nitrogen and oxygen atoms in total. The van der Waals surface area contributed by atoms with Gasteiger partial charge in [0.2, 0.25) is 5.91 Å². The Balaban J connectivity index is 2.67. The van der Waals surface area contributed by atoms with E-state index in [1.807, 2.05) is 19.1 Å². The number of benzene rings is 1. The second-order valence-corrected chi connectivity index (χ2v) is 5.06. The maximum atomic E-state index is 12.2. The molecule has 0 bridgehead atoms. The van der Waals surface area contributed by atoms with Crippen LogP contribution in [0, 0.1) is 19.8 Å². The average molecular weight is 247 g/mol. The van der Waals surface area contributed by atoms with Gasteiger partial charge in [0.05, 0.1) is 0 Å². The van der Waals surface area contributed by atoms with Crippen molar-refractivity contribution >= 4 is 11.6 Å². The van der Waals surface area contributed by atoms with Crippen LogP contribution in [0.15, 0.2) is 18.2 Å². The molecule has 0 aliphatic rings. The molecule has 0 spiro atoms. The van der Waals surface area contributed by atoms with E-state index in [0.717, 1.165) is 36.9 Å². The summed E-state index contributed by atoms with van der Waals surface area (Å²) in [6, 6.07) is 6.13. The van der Waals surface area contributed by atoms with Gasteiger partial charge in [-0.1, -0.05) is 44.4 Å². The van der Waals surface area contributed by atoms with Crippen LogP contribution in [0.1, 0.15) is 50.7 Å². The van der Waals surface area contributed by atoms with Crippen molar-refractivity contribution in [3.63, 3.8) is 0 Å². The minimum atomic E-state index is 0.144. The van der Waals surface area contributed by atoms with Crippen LogP contribution in [0.5, 0.6) is 0 Å². The highest BCUT2D eigenvalue weighted by Gasteiger charge is 2.16. The number of hydrogen-bond acceptors (Lipinski definition) is 1. The van der Waals surface area contributed by atoms with Crippen molar-refractivity contribution in [2.45, 2.75) is 53.4 Å². The largest absolute Gasteiger partial charge is 0.326 e. The molecule has 1 unspecified atom stereocenters. The van der Waals surface area contributed by atoms with E-state index in [9.17, 15) is 4.79 Å². The van der Waals surface area contributed by atoms with Crippen molar-refractivity contribution < 1.29 is 4.79 Å². The van der Waals surface area contributed by atoms with E-state index in [1.54, 1.807) is 0 Å². The number of aryl methyl sites for hydroxylation is 2. The summed E-state index contributed by atoms with van der Waals surface area (Å²) in [5.41, 5.74) is 3.30. The molecule has 1 rings (SSSR count). The first kappa shape index (κ1) is 14.7. The smallest absolute Gasteiger partial charge is 0.227 e. The van der Waals surface area contributed by atoms with Crippen LogP contribution in [0.4, 0.5) is 5.69 Å². The summed E-state index contributed by atoms with van der Waals surface area (Å²) in [4.78, 5) is 12.2. The predicted octanol–water partition coefficient (Wildman–Crippen LogP) is 4.46. The van der Waals surface area contributed by atoms with Crippen LogP contribution in [0.3, 0.4) is 0 Å². The Morgan fingerprint density at radius 3 is 2.56 bits per heavy atom. The lowest BCUT2D eigenvalue weighted by molar-refractivity contribution is -0.120. The van der Waals surface area contributed by atoms with Crippen molar-refractivity contribution in [2.75, 3.05) is 5.32 Å². The van der Waals surface area contributed by atoms with E-state index in [-0.39, 0.29) is 11.8 Å². The Hall–Kier alpha value is -1.31. The molecule has 0 saturated heterocycles. The Labute approximate surface area is 111 Å². The summed E-state index contributed by atoms with van der Waals surface area (Å²) >= 11 is 0. The van der Waals surface area contributed by atoms with Crippen LogP contribution in [-0.2, 0) is 4.79 Å². The second-order valence-electron chi connectivity index (χ2n) is 5.06. The van der Waals surface area contributed by atoms with Crippen LogP contribution < -0.4 is 5.32 Å². The number of nitrogens with one attached hydrogen (secondary N) is 1. The van der Waals surface area contributed by atoms with Gasteiger partial charge in [-0.2, -0.15) is 0 Å². The highest BCUT2D eigenvalue weighted by Crippen LogP contribution is 2.19. The van der Waals surface area contributed by atoms with Gasteiger partial charge in [0.25, 0.3) is 0 Å². The molecule has 18 heavy (non-hydrogen) atoms. The Morgan fingerprint density at radius 2 is 2.00 bits per heavy atom. The quantitative estimate of drug-likeness (QED) is 0.790. The molecule has 0 fully saturated rings. The summed E-state index contributed by atoms with van der Waals surface area (Å²) in [6.07, 6.45) is 4.17. The lowest BCUT2D eigenvalue weighted by Crippen LogP contribution is -2.22. The topological polar surface area (TPSA) is 29.1 Å². The monoisotopic (exact) mass is 247 g/mol. The molecule has 0 aliphatic carbocycles. The van der Waals surface area contributed by atoms with Crippen LogP contribution in [-0.4, -0.2) is 5.91 Å². The fourth-order valence-corrected chi connectivity index (χ4v) is 2.16. The molecule has 100 valence electrons. The molecule has 0 heterocycles. The number of carbonyl (C=O) groups is 1. The van der Waals surface area contributed by atoms with E-state index >= 15 is 0 Å². The Kier molecular flexibility index (Phi) is 5.90. The van der Waals surface area contributed by atoms with E-state index < -0.39 is 0 Å². The molecule has 0 saturated carbocycles. The lowest BCUT2D eigenvalue weighted by atomic mass is 9.98. The number of carbonyl (C=O) groups excluding carboxylic acids is 1. The zero-order valence-corrected chi connectivity index (χ0v) is 12.0. The summed E-state index contributed by atoms with van der Waals surface area (Å²) in [7, 11) is 0. The minimum Gasteiger partial charge on any atom is -0.326 e. The third-order valence-corrected chi connectivity index (χ3v) is 3.41. The molecule has 0 aliphatic heterocycles. The van der Waals surface area contributed by atoms with Gasteiger partial charge in [-0.25, -0.2) is 0 Å². The fraction of sp³-hybridized carbons (Fsp3) is 0.562. The molecular weight excluding hydrogens is 222 g/mol. The second kappa shape index (κ2) is 7.20. The zero-order chi connectivity index (χ0) is 13.5. The molecule has 1 aromatic carbocycles. The fourth-order valence-electron chi connectivity index (χ4n) is 2.16. The molecular formula is C16H25NO. The first-order valence-corrected chi connectivity index (χ1v) is 6.96. The van der Waals surface area contributed by atoms with E-state index in [1.165, 1.54) is 5.56 Å². The van der Waals surface area contributed by atoms with Crippen molar-refractivity contribution in [3.8, 4) is 0 Å². The van der Waals surface area contributed by atoms with Crippen LogP contribution in [0.25, 0.3) is 0 Å². The Morgan fingerprint density at radius 1 is 1.28 bits per heavy atom. The van der Waals surface area contributed by atoms with E-state index in [4.69, 9.17) is 0 Å². The normalized spacial score (nSPS) is 12.2. The van der Waals surface area contributed by atoms with Gasteiger partial charge in [-0.3, -0.25) is 4.79 Å². The maximum absolute atomic E-state index is 12.2. The van der Waals surface area contributed by atoms with Crippen molar-refractivity contribution in [3.05, 3.63) is 29.3 Å². The molecule has 1 aromatic rings. The van der Waals surface area contributed by atoms with E-state index in [2.05, 4.69) is 32.2 Å². The summed E-state index contributed by atoms with van der Waals surface area (Å²) in [5.74, 6) is 0.309. The van der Waals surface area contributed by atoms with E-state index in [0.29, 0.717) is 0 Å². The number of hydrogen-bond donors (Lipinski definition) is 1. The molecule has 0 aromatic heterocycles. The predicted molar refractivity (Wildman–Crippen MR) is 77.9 cm³/mol. The van der Waals surface area contributed by atoms with Crippen molar-refractivity contribution in [1.29, 1.82) is 0 Å². The first-order valence-electron chi connectivity index (χ1n) is 6.96. The molecule has 1 N–H and O–H groups in total. The standard InChI is InChI=1S/C16H25NO/c1-5-7-8-14(6-2)16(18)17-15-10-9-12(3)11-13(15)4/h9-11,14H,5-8H2,1-4H3,(H,17,18). The molecule has 0 radical (unpaired) electrons. The number of unbranched alkanes of at least 4 members (excludes halogenated alkanes) is 1. The third-order valence-electron chi connectivity index (χ3n) is 3.41. The first-order chi connectivity index (χ1) is 8.58. The highest BCUT2D eigenvalue weighted by molar-refractivity contribution is 5.93.